The van der Waals surface area contributed by atoms with Crippen LogP contribution in [0.25, 0.3) is 0 Å². The van der Waals surface area contributed by atoms with Gasteiger partial charge in [0.05, 0.1) is 12.2 Å². The molecule has 2 aliphatic rings. The fourth-order valence-electron chi connectivity index (χ4n) is 3.86. The van der Waals surface area contributed by atoms with Crippen LogP contribution in [0, 0.1) is 23.5 Å². The first-order valence-electron chi connectivity index (χ1n) is 9.36. The number of Topliss-reactive ketones (excluding diaryl/α,β-unsaturated/α-hetero) is 1. The zero-order valence-electron chi connectivity index (χ0n) is 15.3. The third-order valence-corrected chi connectivity index (χ3v) is 5.20. The Bertz CT molecular complexity index is 701. The SMILES string of the molecule is CCOC(=O)C1NNCC1CN1CCCC(C(=O)c2cc(F)ccc2F)C1. The Balaban J connectivity index is 1.63. The summed E-state index contributed by atoms with van der Waals surface area (Å²) < 4.78 is 32.5. The Hall–Kier alpha value is -1.90. The van der Waals surface area contributed by atoms with E-state index in [0.29, 0.717) is 32.7 Å². The van der Waals surface area contributed by atoms with Crippen LogP contribution in [-0.2, 0) is 9.53 Å². The van der Waals surface area contributed by atoms with Gasteiger partial charge in [-0.1, -0.05) is 0 Å². The van der Waals surface area contributed by atoms with Crippen LogP contribution in [0.1, 0.15) is 30.1 Å². The topological polar surface area (TPSA) is 70.7 Å². The van der Waals surface area contributed by atoms with Gasteiger partial charge in [0.15, 0.2) is 5.78 Å². The van der Waals surface area contributed by atoms with Crippen LogP contribution in [0.2, 0.25) is 0 Å². The number of hydrogen-bond donors (Lipinski definition) is 2. The van der Waals surface area contributed by atoms with Crippen LogP contribution < -0.4 is 10.9 Å². The van der Waals surface area contributed by atoms with Crippen molar-refractivity contribution < 1.29 is 23.1 Å². The number of piperidine rings is 1. The van der Waals surface area contributed by atoms with Gasteiger partial charge < -0.3 is 9.64 Å². The molecule has 2 aliphatic heterocycles. The van der Waals surface area contributed by atoms with Crippen molar-refractivity contribution in [2.45, 2.75) is 25.8 Å². The Morgan fingerprint density at radius 3 is 2.93 bits per heavy atom. The summed E-state index contributed by atoms with van der Waals surface area (Å²) in [7, 11) is 0. The maximum Gasteiger partial charge on any atom is 0.324 e. The lowest BCUT2D eigenvalue weighted by atomic mass is 9.89. The summed E-state index contributed by atoms with van der Waals surface area (Å²) >= 11 is 0. The second-order valence-corrected chi connectivity index (χ2v) is 7.10. The van der Waals surface area contributed by atoms with Gasteiger partial charge in [0, 0.05) is 31.5 Å². The van der Waals surface area contributed by atoms with E-state index in [-0.39, 0.29) is 29.2 Å². The first-order chi connectivity index (χ1) is 13.0. The largest absolute Gasteiger partial charge is 0.465 e. The summed E-state index contributed by atoms with van der Waals surface area (Å²) in [4.78, 5) is 26.9. The maximum atomic E-state index is 13.9. The molecule has 2 N–H and O–H groups in total. The summed E-state index contributed by atoms with van der Waals surface area (Å²) in [6.45, 7) is 4.61. The number of esters is 1. The van der Waals surface area contributed by atoms with Crippen molar-refractivity contribution in [3.05, 3.63) is 35.4 Å². The molecule has 0 spiro atoms. The Morgan fingerprint density at radius 2 is 2.15 bits per heavy atom. The Morgan fingerprint density at radius 1 is 1.33 bits per heavy atom. The van der Waals surface area contributed by atoms with Gasteiger partial charge in [0.1, 0.15) is 17.7 Å². The molecule has 1 aromatic rings. The quantitative estimate of drug-likeness (QED) is 0.575. The van der Waals surface area contributed by atoms with E-state index in [1.54, 1.807) is 6.92 Å². The van der Waals surface area contributed by atoms with Gasteiger partial charge in [-0.25, -0.2) is 14.2 Å². The van der Waals surface area contributed by atoms with Crippen LogP contribution in [0.5, 0.6) is 0 Å². The zero-order chi connectivity index (χ0) is 19.4. The average molecular weight is 381 g/mol. The van der Waals surface area contributed by atoms with Gasteiger partial charge >= 0.3 is 5.97 Å². The van der Waals surface area contributed by atoms with E-state index < -0.39 is 17.7 Å². The lowest BCUT2D eigenvalue weighted by Crippen LogP contribution is -2.46. The lowest BCUT2D eigenvalue weighted by Gasteiger charge is -2.34. The van der Waals surface area contributed by atoms with Crippen molar-refractivity contribution >= 4 is 11.8 Å². The molecule has 27 heavy (non-hydrogen) atoms. The second kappa shape index (κ2) is 8.86. The number of ketones is 1. The molecule has 3 rings (SSSR count). The van der Waals surface area contributed by atoms with Crippen molar-refractivity contribution in [3.8, 4) is 0 Å². The molecule has 0 aliphatic carbocycles. The predicted octanol–water partition coefficient (Wildman–Crippen LogP) is 1.52. The smallest absolute Gasteiger partial charge is 0.324 e. The summed E-state index contributed by atoms with van der Waals surface area (Å²) in [5.41, 5.74) is 5.75. The van der Waals surface area contributed by atoms with Gasteiger partial charge in [0.25, 0.3) is 0 Å². The molecule has 2 fully saturated rings. The van der Waals surface area contributed by atoms with Crippen molar-refractivity contribution in [1.82, 2.24) is 15.8 Å². The molecule has 6 nitrogen and oxygen atoms in total. The van der Waals surface area contributed by atoms with E-state index in [4.69, 9.17) is 4.74 Å². The molecular weight excluding hydrogens is 356 g/mol. The molecule has 3 unspecified atom stereocenters. The molecule has 3 atom stereocenters. The summed E-state index contributed by atoms with van der Waals surface area (Å²) in [6.07, 6.45) is 1.44. The summed E-state index contributed by atoms with van der Waals surface area (Å²) in [6, 6.07) is 2.54. The van der Waals surface area contributed by atoms with E-state index in [2.05, 4.69) is 15.8 Å². The van der Waals surface area contributed by atoms with E-state index in [0.717, 1.165) is 31.2 Å². The third-order valence-electron chi connectivity index (χ3n) is 5.20. The number of carbonyl (C=O) groups excluding carboxylic acids is 2. The van der Waals surface area contributed by atoms with Crippen molar-refractivity contribution in [2.24, 2.45) is 11.8 Å². The number of halogens is 2. The van der Waals surface area contributed by atoms with Crippen LogP contribution in [0.3, 0.4) is 0 Å². The fourth-order valence-corrected chi connectivity index (χ4v) is 3.86. The highest BCUT2D eigenvalue weighted by atomic mass is 19.1. The Labute approximate surface area is 157 Å². The summed E-state index contributed by atoms with van der Waals surface area (Å²) in [5.74, 6) is -2.32. The van der Waals surface area contributed by atoms with Gasteiger partial charge in [-0.2, -0.15) is 0 Å². The maximum absolute atomic E-state index is 13.9. The van der Waals surface area contributed by atoms with E-state index in [1.807, 2.05) is 0 Å². The highest BCUT2D eigenvalue weighted by molar-refractivity contribution is 5.98. The average Bonchev–Trinajstić information content (AvgIpc) is 3.12. The highest BCUT2D eigenvalue weighted by Gasteiger charge is 2.36. The molecule has 0 saturated carbocycles. The summed E-state index contributed by atoms with van der Waals surface area (Å²) in [5, 5.41) is 0. The fraction of sp³-hybridized carbons (Fsp3) is 0.579. The number of nitrogens with one attached hydrogen (secondary N) is 2. The zero-order valence-corrected chi connectivity index (χ0v) is 15.3. The minimum atomic E-state index is -0.690. The van der Waals surface area contributed by atoms with Gasteiger partial charge in [-0.3, -0.25) is 15.0 Å². The van der Waals surface area contributed by atoms with Crippen LogP contribution in [-0.4, -0.2) is 55.5 Å². The van der Waals surface area contributed by atoms with E-state index >= 15 is 0 Å². The first kappa shape index (κ1) is 19.9. The molecule has 0 bridgehead atoms. The normalized spacial score (nSPS) is 26.1. The minimum absolute atomic E-state index is 0.0174. The molecule has 0 aromatic heterocycles. The molecule has 2 saturated heterocycles. The number of ether oxygens (including phenoxy) is 1. The number of nitrogens with zero attached hydrogens (tertiary/aromatic N) is 1. The molecule has 0 radical (unpaired) electrons. The molecular formula is C19H25F2N3O3. The number of hydrogen-bond acceptors (Lipinski definition) is 6. The van der Waals surface area contributed by atoms with Crippen LogP contribution in [0.15, 0.2) is 18.2 Å². The second-order valence-electron chi connectivity index (χ2n) is 7.10. The number of hydrazine groups is 1. The minimum Gasteiger partial charge on any atom is -0.465 e. The Kier molecular flexibility index (Phi) is 6.51. The molecule has 0 amide bonds. The van der Waals surface area contributed by atoms with Gasteiger partial charge in [-0.15, -0.1) is 0 Å². The number of rotatable bonds is 6. The monoisotopic (exact) mass is 381 g/mol. The van der Waals surface area contributed by atoms with Crippen molar-refractivity contribution in [3.63, 3.8) is 0 Å². The van der Waals surface area contributed by atoms with Crippen molar-refractivity contribution in [1.29, 1.82) is 0 Å². The molecule has 2 heterocycles. The highest BCUT2D eigenvalue weighted by Crippen LogP contribution is 2.24. The predicted molar refractivity (Wildman–Crippen MR) is 94.9 cm³/mol. The van der Waals surface area contributed by atoms with Crippen LogP contribution >= 0.6 is 0 Å². The van der Waals surface area contributed by atoms with Crippen LogP contribution in [0.4, 0.5) is 8.78 Å². The van der Waals surface area contributed by atoms with Crippen molar-refractivity contribution in [2.75, 3.05) is 32.8 Å². The number of benzene rings is 1. The molecule has 8 heteroatoms. The lowest BCUT2D eigenvalue weighted by molar-refractivity contribution is -0.146. The van der Waals surface area contributed by atoms with E-state index in [9.17, 15) is 18.4 Å². The molecule has 1 aromatic carbocycles. The standard InChI is InChI=1S/C19H25F2N3O3/c1-2-27-19(26)17-13(9-22-23-17)11-24-7-3-4-12(10-24)18(25)15-8-14(20)5-6-16(15)21/h5-6,8,12-13,17,22-23H,2-4,7,9-11H2,1H3. The first-order valence-corrected chi connectivity index (χ1v) is 9.36. The van der Waals surface area contributed by atoms with E-state index in [1.165, 1.54) is 0 Å². The van der Waals surface area contributed by atoms with Gasteiger partial charge in [-0.05, 0) is 44.5 Å². The number of likely N-dealkylation sites (tertiary alicyclic amines) is 1. The third kappa shape index (κ3) is 4.69. The van der Waals surface area contributed by atoms with Gasteiger partial charge in [0.2, 0.25) is 0 Å². The molecule has 148 valence electrons. The number of carbonyl (C=O) groups is 2.